The van der Waals surface area contributed by atoms with E-state index in [1.54, 1.807) is 6.92 Å². The van der Waals surface area contributed by atoms with Gasteiger partial charge >= 0.3 is 6.09 Å². The molecule has 0 radical (unpaired) electrons. The van der Waals surface area contributed by atoms with Crippen molar-refractivity contribution < 1.29 is 9.53 Å². The van der Waals surface area contributed by atoms with Crippen LogP contribution in [0.5, 0.6) is 0 Å². The van der Waals surface area contributed by atoms with Gasteiger partial charge in [0.2, 0.25) is 0 Å². The van der Waals surface area contributed by atoms with E-state index in [0.29, 0.717) is 19.6 Å². The Balaban J connectivity index is 1.94. The molecule has 2 aromatic heterocycles. The van der Waals surface area contributed by atoms with E-state index in [9.17, 15) is 4.79 Å². The fourth-order valence-electron chi connectivity index (χ4n) is 1.61. The number of ether oxygens (including phenoxy) is 1. The Bertz CT molecular complexity index is 553. The Kier molecular flexibility index (Phi) is 4.19. The molecule has 5 nitrogen and oxygen atoms in total. The minimum absolute atomic E-state index is 0.383. The van der Waals surface area contributed by atoms with Crippen LogP contribution in [0.3, 0.4) is 0 Å². The van der Waals surface area contributed by atoms with Gasteiger partial charge in [-0.1, -0.05) is 0 Å². The van der Waals surface area contributed by atoms with E-state index < -0.39 is 0 Å². The highest BCUT2D eigenvalue weighted by atomic mass is 79.9. The van der Waals surface area contributed by atoms with Gasteiger partial charge in [0.15, 0.2) is 0 Å². The SMILES string of the molecule is CCOC(=O)NCCc1cn2cc(Br)ccc2n1. The molecule has 0 unspecified atom stereocenters. The number of alkyl carbamates (subject to hydrolysis) is 1. The largest absolute Gasteiger partial charge is 0.450 e. The van der Waals surface area contributed by atoms with Gasteiger partial charge in [-0.15, -0.1) is 0 Å². The third-order valence-corrected chi connectivity index (χ3v) is 2.86. The third kappa shape index (κ3) is 3.22. The van der Waals surface area contributed by atoms with E-state index in [0.717, 1.165) is 15.8 Å². The molecule has 0 aromatic carbocycles. The highest BCUT2D eigenvalue weighted by molar-refractivity contribution is 9.10. The fraction of sp³-hybridized carbons (Fsp3) is 0.333. The molecule has 0 aliphatic carbocycles. The molecule has 0 saturated carbocycles. The Morgan fingerprint density at radius 3 is 3.11 bits per heavy atom. The number of nitrogens with zero attached hydrogens (tertiary/aromatic N) is 2. The number of nitrogens with one attached hydrogen (secondary N) is 1. The number of imidazole rings is 1. The number of halogens is 1. The summed E-state index contributed by atoms with van der Waals surface area (Å²) < 4.78 is 7.72. The van der Waals surface area contributed by atoms with Crippen LogP contribution in [0, 0.1) is 0 Å². The van der Waals surface area contributed by atoms with Gasteiger partial charge in [0.25, 0.3) is 0 Å². The first-order chi connectivity index (χ1) is 8.69. The van der Waals surface area contributed by atoms with Gasteiger partial charge in [-0.2, -0.15) is 0 Å². The summed E-state index contributed by atoms with van der Waals surface area (Å²) in [6, 6.07) is 3.88. The molecule has 2 rings (SSSR count). The maximum absolute atomic E-state index is 11.1. The van der Waals surface area contributed by atoms with Gasteiger partial charge in [-0.25, -0.2) is 9.78 Å². The van der Waals surface area contributed by atoms with Crippen molar-refractivity contribution in [3.63, 3.8) is 0 Å². The molecule has 2 aromatic rings. The van der Waals surface area contributed by atoms with Crippen LogP contribution >= 0.6 is 15.9 Å². The first-order valence-electron chi connectivity index (χ1n) is 5.73. The molecule has 2 heterocycles. The van der Waals surface area contributed by atoms with Crippen molar-refractivity contribution in [1.29, 1.82) is 0 Å². The summed E-state index contributed by atoms with van der Waals surface area (Å²) >= 11 is 3.41. The first-order valence-corrected chi connectivity index (χ1v) is 6.52. The second-order valence-electron chi connectivity index (χ2n) is 3.74. The van der Waals surface area contributed by atoms with Gasteiger partial charge < -0.3 is 14.5 Å². The molecule has 0 saturated heterocycles. The number of carbonyl (C=O) groups is 1. The highest BCUT2D eigenvalue weighted by Crippen LogP contribution is 2.12. The first kappa shape index (κ1) is 12.9. The third-order valence-electron chi connectivity index (χ3n) is 2.39. The number of amides is 1. The molecule has 6 heteroatoms. The van der Waals surface area contributed by atoms with Gasteiger partial charge in [-0.05, 0) is 35.0 Å². The van der Waals surface area contributed by atoms with Crippen LogP contribution in [-0.4, -0.2) is 28.6 Å². The summed E-state index contributed by atoms with van der Waals surface area (Å²) in [6.07, 6.45) is 4.19. The lowest BCUT2D eigenvalue weighted by Crippen LogP contribution is -2.26. The average Bonchev–Trinajstić information content (AvgIpc) is 2.71. The molecule has 1 N–H and O–H groups in total. The zero-order valence-electron chi connectivity index (χ0n) is 10.0. The van der Waals surface area contributed by atoms with Crippen LogP contribution in [0.15, 0.2) is 29.0 Å². The lowest BCUT2D eigenvalue weighted by atomic mass is 10.3. The van der Waals surface area contributed by atoms with Crippen LogP contribution < -0.4 is 5.32 Å². The number of rotatable bonds is 4. The molecule has 96 valence electrons. The number of aromatic nitrogens is 2. The van der Waals surface area contributed by atoms with Crippen LogP contribution in [0.2, 0.25) is 0 Å². The number of pyridine rings is 1. The molecular formula is C12H14BrN3O2. The fourth-order valence-corrected chi connectivity index (χ4v) is 1.97. The Morgan fingerprint density at radius 2 is 2.33 bits per heavy atom. The molecule has 0 atom stereocenters. The molecule has 18 heavy (non-hydrogen) atoms. The van der Waals surface area contributed by atoms with E-state index in [1.165, 1.54) is 0 Å². The lowest BCUT2D eigenvalue weighted by molar-refractivity contribution is 0.152. The summed E-state index contributed by atoms with van der Waals surface area (Å²) in [5, 5.41) is 2.67. The van der Waals surface area contributed by atoms with E-state index in [-0.39, 0.29) is 6.09 Å². The second kappa shape index (κ2) is 5.86. The number of carbonyl (C=O) groups excluding carboxylic acids is 1. The van der Waals surface area contributed by atoms with Gasteiger partial charge in [0.05, 0.1) is 12.3 Å². The van der Waals surface area contributed by atoms with Gasteiger partial charge in [0.1, 0.15) is 5.65 Å². The highest BCUT2D eigenvalue weighted by Gasteiger charge is 2.03. The van der Waals surface area contributed by atoms with Crippen molar-refractivity contribution in [3.8, 4) is 0 Å². The van der Waals surface area contributed by atoms with E-state index in [2.05, 4.69) is 26.2 Å². The van der Waals surface area contributed by atoms with Crippen LogP contribution in [0.4, 0.5) is 4.79 Å². The summed E-state index contributed by atoms with van der Waals surface area (Å²) in [4.78, 5) is 15.5. The maximum atomic E-state index is 11.1. The van der Waals surface area contributed by atoms with Crippen LogP contribution in [-0.2, 0) is 11.2 Å². The molecule has 0 bridgehead atoms. The van der Waals surface area contributed by atoms with E-state index in [1.807, 2.05) is 28.9 Å². The normalized spacial score (nSPS) is 10.6. The Hall–Kier alpha value is -1.56. The van der Waals surface area contributed by atoms with Crippen molar-refractivity contribution >= 4 is 27.7 Å². The number of hydrogen-bond acceptors (Lipinski definition) is 3. The molecular weight excluding hydrogens is 298 g/mol. The summed E-state index contributed by atoms with van der Waals surface area (Å²) in [7, 11) is 0. The Labute approximate surface area is 113 Å². The topological polar surface area (TPSA) is 55.6 Å². The summed E-state index contributed by atoms with van der Waals surface area (Å²) in [6.45, 7) is 2.68. The number of hydrogen-bond donors (Lipinski definition) is 1. The second-order valence-corrected chi connectivity index (χ2v) is 4.66. The zero-order chi connectivity index (χ0) is 13.0. The molecule has 0 fully saturated rings. The zero-order valence-corrected chi connectivity index (χ0v) is 11.6. The summed E-state index contributed by atoms with van der Waals surface area (Å²) in [5.74, 6) is 0. The standard InChI is InChI=1S/C12H14BrN3O2/c1-2-18-12(17)14-6-5-10-8-16-7-9(13)3-4-11(16)15-10/h3-4,7-8H,2,5-6H2,1H3,(H,14,17). The van der Waals surface area contributed by atoms with Crippen molar-refractivity contribution in [2.45, 2.75) is 13.3 Å². The predicted octanol–water partition coefficient (Wildman–Crippen LogP) is 2.39. The average molecular weight is 312 g/mol. The molecule has 1 amide bonds. The molecule has 0 aliphatic rings. The van der Waals surface area contributed by atoms with Crippen molar-refractivity contribution in [3.05, 3.63) is 34.7 Å². The predicted molar refractivity (Wildman–Crippen MR) is 71.6 cm³/mol. The van der Waals surface area contributed by atoms with E-state index >= 15 is 0 Å². The minimum Gasteiger partial charge on any atom is -0.450 e. The number of fused-ring (bicyclic) bond motifs is 1. The van der Waals surface area contributed by atoms with E-state index in [4.69, 9.17) is 4.74 Å². The Morgan fingerprint density at radius 1 is 1.50 bits per heavy atom. The maximum Gasteiger partial charge on any atom is 0.407 e. The lowest BCUT2D eigenvalue weighted by Gasteiger charge is -2.02. The monoisotopic (exact) mass is 311 g/mol. The smallest absolute Gasteiger partial charge is 0.407 e. The van der Waals surface area contributed by atoms with Crippen molar-refractivity contribution in [2.75, 3.05) is 13.2 Å². The van der Waals surface area contributed by atoms with Crippen molar-refractivity contribution in [2.24, 2.45) is 0 Å². The van der Waals surface area contributed by atoms with Gasteiger partial charge in [-0.3, -0.25) is 0 Å². The molecule has 0 aliphatic heterocycles. The quantitative estimate of drug-likeness (QED) is 0.943. The van der Waals surface area contributed by atoms with Gasteiger partial charge in [0, 0.05) is 29.8 Å². The molecule has 0 spiro atoms. The minimum atomic E-state index is -0.385. The van der Waals surface area contributed by atoms with Crippen LogP contribution in [0.25, 0.3) is 5.65 Å². The summed E-state index contributed by atoms with van der Waals surface area (Å²) in [5.41, 5.74) is 1.83. The van der Waals surface area contributed by atoms with Crippen molar-refractivity contribution in [1.82, 2.24) is 14.7 Å². The van der Waals surface area contributed by atoms with Crippen LogP contribution in [0.1, 0.15) is 12.6 Å².